The summed E-state index contributed by atoms with van der Waals surface area (Å²) in [6.45, 7) is 3.62. The summed E-state index contributed by atoms with van der Waals surface area (Å²) >= 11 is 0. The van der Waals surface area contributed by atoms with Gasteiger partial charge in [-0.15, -0.1) is 6.58 Å². The van der Waals surface area contributed by atoms with E-state index in [1.165, 1.54) is 0 Å². The first kappa shape index (κ1) is 15.0. The first-order valence-electron chi connectivity index (χ1n) is 6.37. The molecule has 0 saturated carbocycles. The molecule has 0 radical (unpaired) electrons. The van der Waals surface area contributed by atoms with E-state index in [-0.39, 0.29) is 12.3 Å². The van der Waals surface area contributed by atoms with Gasteiger partial charge in [0, 0.05) is 0 Å². The third-order valence-corrected chi connectivity index (χ3v) is 2.79. The molecule has 0 saturated heterocycles. The van der Waals surface area contributed by atoms with Gasteiger partial charge in [0.05, 0.1) is 6.42 Å². The molecule has 1 aromatic rings. The van der Waals surface area contributed by atoms with Crippen molar-refractivity contribution in [3.8, 4) is 0 Å². The Morgan fingerprint density at radius 1 is 1.32 bits per heavy atom. The van der Waals surface area contributed by atoms with E-state index >= 15 is 0 Å². The van der Waals surface area contributed by atoms with Crippen LogP contribution >= 0.6 is 0 Å². The predicted molar refractivity (Wildman–Crippen MR) is 75.3 cm³/mol. The van der Waals surface area contributed by atoms with Crippen molar-refractivity contribution >= 4 is 11.8 Å². The Morgan fingerprint density at radius 2 is 2.00 bits per heavy atom. The van der Waals surface area contributed by atoms with Gasteiger partial charge in [0.25, 0.3) is 0 Å². The molecule has 1 atom stereocenters. The Labute approximate surface area is 113 Å². The molecule has 4 heteroatoms. The van der Waals surface area contributed by atoms with Crippen LogP contribution in [-0.2, 0) is 16.0 Å². The number of allylic oxidation sites excluding steroid dienone is 1. The Kier molecular flexibility index (Phi) is 6.36. The third-order valence-electron chi connectivity index (χ3n) is 2.79. The van der Waals surface area contributed by atoms with Crippen molar-refractivity contribution in [2.45, 2.75) is 31.7 Å². The largest absolute Gasteiger partial charge is 0.368 e. The van der Waals surface area contributed by atoms with Crippen molar-refractivity contribution in [1.29, 1.82) is 0 Å². The van der Waals surface area contributed by atoms with E-state index in [9.17, 15) is 9.59 Å². The average molecular weight is 260 g/mol. The smallest absolute Gasteiger partial charge is 0.239 e. The molecule has 0 fully saturated rings. The summed E-state index contributed by atoms with van der Waals surface area (Å²) in [5.41, 5.74) is 6.19. The normalized spacial score (nSPS) is 11.6. The van der Waals surface area contributed by atoms with Gasteiger partial charge in [-0.3, -0.25) is 9.59 Å². The maximum Gasteiger partial charge on any atom is 0.239 e. The Balaban J connectivity index is 2.47. The van der Waals surface area contributed by atoms with Crippen LogP contribution in [0.2, 0.25) is 0 Å². The van der Waals surface area contributed by atoms with E-state index in [1.54, 1.807) is 6.08 Å². The first-order valence-corrected chi connectivity index (χ1v) is 6.37. The van der Waals surface area contributed by atoms with Crippen molar-refractivity contribution in [3.63, 3.8) is 0 Å². The number of unbranched alkanes of at least 4 members (excludes halogenated alkanes) is 1. The van der Waals surface area contributed by atoms with E-state index in [0.29, 0.717) is 6.42 Å². The highest BCUT2D eigenvalue weighted by Crippen LogP contribution is 2.03. The number of hydrogen-bond acceptors (Lipinski definition) is 2. The van der Waals surface area contributed by atoms with Gasteiger partial charge in [0.1, 0.15) is 6.04 Å². The lowest BCUT2D eigenvalue weighted by Gasteiger charge is -2.15. The molecule has 4 nitrogen and oxygen atoms in total. The van der Waals surface area contributed by atoms with Crippen molar-refractivity contribution in [3.05, 3.63) is 48.6 Å². The van der Waals surface area contributed by atoms with Gasteiger partial charge < -0.3 is 11.1 Å². The number of hydrogen-bond donors (Lipinski definition) is 2. The highest BCUT2D eigenvalue weighted by Gasteiger charge is 2.17. The predicted octanol–water partition coefficient (Wildman–Crippen LogP) is 1.56. The standard InChI is InChI=1S/C15H20N2O2/c1-2-3-5-10-13(15(16)19)17-14(18)11-12-8-6-4-7-9-12/h2,4,6-9,13H,1,3,5,10-11H2,(H2,16,19)(H,17,18)/t13-/m1/s1. The quantitative estimate of drug-likeness (QED) is 0.550. The molecule has 0 spiro atoms. The summed E-state index contributed by atoms with van der Waals surface area (Å²) in [6, 6.07) is 8.78. The highest BCUT2D eigenvalue weighted by molar-refractivity contribution is 5.87. The fourth-order valence-electron chi connectivity index (χ4n) is 1.78. The Morgan fingerprint density at radius 3 is 2.58 bits per heavy atom. The van der Waals surface area contributed by atoms with Crippen molar-refractivity contribution in [2.24, 2.45) is 5.73 Å². The minimum Gasteiger partial charge on any atom is -0.368 e. The molecular weight excluding hydrogens is 240 g/mol. The number of primary amides is 1. The number of nitrogens with one attached hydrogen (secondary N) is 1. The number of benzene rings is 1. The third kappa shape index (κ3) is 5.86. The van der Waals surface area contributed by atoms with Crippen LogP contribution in [0.3, 0.4) is 0 Å². The van der Waals surface area contributed by atoms with Gasteiger partial charge in [0.15, 0.2) is 0 Å². The van der Waals surface area contributed by atoms with Crippen molar-refractivity contribution in [2.75, 3.05) is 0 Å². The molecule has 0 aliphatic heterocycles. The van der Waals surface area contributed by atoms with E-state index in [1.807, 2.05) is 30.3 Å². The summed E-state index contributed by atoms with van der Waals surface area (Å²) in [4.78, 5) is 23.1. The van der Waals surface area contributed by atoms with E-state index in [2.05, 4.69) is 11.9 Å². The van der Waals surface area contributed by atoms with Gasteiger partial charge in [0.2, 0.25) is 11.8 Å². The molecule has 0 heterocycles. The van der Waals surface area contributed by atoms with E-state index in [4.69, 9.17) is 5.73 Å². The van der Waals surface area contributed by atoms with Crippen LogP contribution in [0.5, 0.6) is 0 Å². The zero-order valence-corrected chi connectivity index (χ0v) is 11.0. The molecule has 0 aromatic heterocycles. The summed E-state index contributed by atoms with van der Waals surface area (Å²) in [5.74, 6) is -0.681. The lowest BCUT2D eigenvalue weighted by atomic mass is 10.1. The van der Waals surface area contributed by atoms with Crippen LogP contribution in [0, 0.1) is 0 Å². The molecule has 0 aliphatic rings. The van der Waals surface area contributed by atoms with Crippen LogP contribution in [0.1, 0.15) is 24.8 Å². The summed E-state index contributed by atoms with van der Waals surface area (Å²) in [7, 11) is 0. The molecule has 1 rings (SSSR count). The van der Waals surface area contributed by atoms with Crippen LogP contribution in [0.15, 0.2) is 43.0 Å². The monoisotopic (exact) mass is 260 g/mol. The van der Waals surface area contributed by atoms with Gasteiger partial charge in [-0.2, -0.15) is 0 Å². The average Bonchev–Trinajstić information content (AvgIpc) is 2.38. The molecule has 3 N–H and O–H groups in total. The van der Waals surface area contributed by atoms with E-state index in [0.717, 1.165) is 18.4 Å². The zero-order valence-electron chi connectivity index (χ0n) is 11.0. The van der Waals surface area contributed by atoms with Gasteiger partial charge in [-0.05, 0) is 24.8 Å². The number of rotatable bonds is 8. The van der Waals surface area contributed by atoms with Crippen molar-refractivity contribution in [1.82, 2.24) is 5.32 Å². The Bertz CT molecular complexity index is 429. The SMILES string of the molecule is C=CCCC[C@@H](NC(=O)Cc1ccccc1)C(N)=O. The van der Waals surface area contributed by atoms with Crippen molar-refractivity contribution < 1.29 is 9.59 Å². The lowest BCUT2D eigenvalue weighted by Crippen LogP contribution is -2.44. The first-order chi connectivity index (χ1) is 9.13. The highest BCUT2D eigenvalue weighted by atomic mass is 16.2. The van der Waals surface area contributed by atoms with Crippen LogP contribution < -0.4 is 11.1 Å². The number of amides is 2. The topological polar surface area (TPSA) is 72.2 Å². The minimum absolute atomic E-state index is 0.186. The summed E-state index contributed by atoms with van der Waals surface area (Å²) < 4.78 is 0. The fourth-order valence-corrected chi connectivity index (χ4v) is 1.78. The van der Waals surface area contributed by atoms with Crippen LogP contribution in [0.4, 0.5) is 0 Å². The molecule has 19 heavy (non-hydrogen) atoms. The van der Waals surface area contributed by atoms with Gasteiger partial charge in [-0.1, -0.05) is 36.4 Å². The number of carbonyl (C=O) groups excluding carboxylic acids is 2. The molecule has 0 bridgehead atoms. The Hall–Kier alpha value is -2.10. The maximum atomic E-state index is 11.8. The number of nitrogens with two attached hydrogens (primary N) is 1. The van der Waals surface area contributed by atoms with E-state index < -0.39 is 11.9 Å². The molecule has 1 aromatic carbocycles. The summed E-state index contributed by atoms with van der Waals surface area (Å²) in [5, 5.41) is 2.68. The molecule has 102 valence electrons. The van der Waals surface area contributed by atoms with Gasteiger partial charge in [-0.25, -0.2) is 0 Å². The molecule has 0 unspecified atom stereocenters. The minimum atomic E-state index is -0.601. The maximum absolute atomic E-state index is 11.8. The number of carbonyl (C=O) groups is 2. The summed E-state index contributed by atoms with van der Waals surface area (Å²) in [6.07, 6.45) is 4.17. The molecular formula is C15H20N2O2. The van der Waals surface area contributed by atoms with Crippen LogP contribution in [-0.4, -0.2) is 17.9 Å². The second-order valence-electron chi connectivity index (χ2n) is 4.40. The fraction of sp³-hybridized carbons (Fsp3) is 0.333. The second-order valence-corrected chi connectivity index (χ2v) is 4.40. The van der Waals surface area contributed by atoms with Crippen LogP contribution in [0.25, 0.3) is 0 Å². The molecule has 2 amide bonds. The lowest BCUT2D eigenvalue weighted by molar-refractivity contribution is -0.127. The zero-order chi connectivity index (χ0) is 14.1. The molecule has 0 aliphatic carbocycles. The second kappa shape index (κ2) is 8.08. The van der Waals surface area contributed by atoms with Gasteiger partial charge >= 0.3 is 0 Å².